The molecule has 25 aliphatic rings. The highest BCUT2D eigenvalue weighted by Crippen LogP contribution is 2.40. The van der Waals surface area contributed by atoms with Gasteiger partial charge < -0.3 is 223 Å². The summed E-state index contributed by atoms with van der Waals surface area (Å²) >= 11 is 0. The van der Waals surface area contributed by atoms with Gasteiger partial charge in [-0.2, -0.15) is 0 Å². The Morgan fingerprint density at radius 1 is 0.182 bits per heavy atom. The standard InChI is InChI=1S/C54H90O45/c55-1-10-19(62)21(64)30(73)46(84-10)82-8-17-20(63)22(65)31(74)48(91-17)93-39-11(2-56)85-47(32(75)23(39)66)83-9-18-45-29(72)38(81)54(92-18)98-44-16(7-61)89-52(36(79)27(44)70)96-42-14(5-59)87-50(34(77)25(42)68)94-40-12(3-57)86-49(33(76)24(40)67)95-41-13(4-58)88-51(35(78)26(41)69)97-43-15(6-60)90-53(99-45)37(80)28(43)71/h10-81H,1-9H2/t10-,11-,12+,13+,14+,15+,16+,17-,18+,19-,20-,21+,22+,23-,24+,25+,26+,27+,28+,29+,30-,31-,32-,33+,34+,35+,36+,37+,38+,39-,40+,41+,42+,43+,44+,45+,46-,47-,48+,49+,50+,51+,52+,53+,54+/m0/s1. The minimum Gasteiger partial charge on any atom is -0.394 e. The summed E-state index contributed by atoms with van der Waals surface area (Å²) in [5, 5.41) is 298. The number of hydrogen-bond donors (Lipinski definition) is 27. The minimum atomic E-state index is -2.41. The van der Waals surface area contributed by atoms with Gasteiger partial charge in [-0.05, 0) is 0 Å². The maximum absolute atomic E-state index is 12.0. The third-order valence-corrected chi connectivity index (χ3v) is 19.0. The second-order valence-corrected chi connectivity index (χ2v) is 25.3. The van der Waals surface area contributed by atoms with Gasteiger partial charge in [-0.1, -0.05) is 0 Å². The van der Waals surface area contributed by atoms with E-state index in [1.807, 2.05) is 0 Å². The molecule has 25 saturated heterocycles. The van der Waals surface area contributed by atoms with Gasteiger partial charge in [-0.15, -0.1) is 0 Å². The van der Waals surface area contributed by atoms with E-state index in [1.165, 1.54) is 0 Å². The summed E-state index contributed by atoms with van der Waals surface area (Å²) in [5.74, 6) is 0. The highest BCUT2D eigenvalue weighted by atomic mass is 16.8. The molecule has 0 spiro atoms. The lowest BCUT2D eigenvalue weighted by Gasteiger charge is -2.51. The van der Waals surface area contributed by atoms with Crippen molar-refractivity contribution in [3.8, 4) is 0 Å². The van der Waals surface area contributed by atoms with Gasteiger partial charge in [0.05, 0.1) is 59.5 Å². The number of aliphatic hydroxyl groups is 27. The Kier molecular flexibility index (Phi) is 27.4. The van der Waals surface area contributed by atoms with Crippen molar-refractivity contribution in [1.29, 1.82) is 0 Å². The summed E-state index contributed by atoms with van der Waals surface area (Å²) in [6, 6.07) is 0. The van der Waals surface area contributed by atoms with Crippen molar-refractivity contribution < 1.29 is 223 Å². The molecular formula is C54H90O45. The molecule has 0 saturated carbocycles. The lowest BCUT2D eigenvalue weighted by atomic mass is 9.94. The van der Waals surface area contributed by atoms with Crippen LogP contribution in [0, 0.1) is 0 Å². The van der Waals surface area contributed by atoms with Crippen LogP contribution < -0.4 is 0 Å². The van der Waals surface area contributed by atoms with E-state index in [2.05, 4.69) is 0 Å². The Morgan fingerprint density at radius 3 is 0.717 bits per heavy atom. The zero-order chi connectivity index (χ0) is 72.1. The van der Waals surface area contributed by atoms with Gasteiger partial charge in [0.1, 0.15) is 220 Å². The highest BCUT2D eigenvalue weighted by molar-refractivity contribution is 5.03. The Bertz CT molecular complexity index is 2460. The molecule has 0 aliphatic carbocycles. The van der Waals surface area contributed by atoms with E-state index in [9.17, 15) is 138 Å². The van der Waals surface area contributed by atoms with Crippen molar-refractivity contribution >= 4 is 0 Å². The molecule has 25 rings (SSSR count). The first kappa shape index (κ1) is 79.8. The molecule has 25 fully saturated rings. The van der Waals surface area contributed by atoms with Crippen LogP contribution in [0.5, 0.6) is 0 Å². The topological polar surface area (TPSA) is 712 Å². The molecule has 45 atom stereocenters. The van der Waals surface area contributed by atoms with Gasteiger partial charge in [0.15, 0.2) is 56.6 Å². The van der Waals surface area contributed by atoms with Gasteiger partial charge in [-0.25, -0.2) is 0 Å². The Balaban J connectivity index is 0.900. The van der Waals surface area contributed by atoms with E-state index in [1.54, 1.807) is 0 Å². The molecule has 576 valence electrons. The van der Waals surface area contributed by atoms with Crippen LogP contribution in [0.25, 0.3) is 0 Å². The van der Waals surface area contributed by atoms with E-state index in [0.717, 1.165) is 0 Å². The van der Waals surface area contributed by atoms with Crippen molar-refractivity contribution in [2.24, 2.45) is 0 Å². The average Bonchev–Trinajstić information content (AvgIpc) is 0.775. The van der Waals surface area contributed by atoms with Crippen molar-refractivity contribution in [3.63, 3.8) is 0 Å². The van der Waals surface area contributed by atoms with Crippen LogP contribution in [0.4, 0.5) is 0 Å². The molecule has 0 amide bonds. The molecule has 99 heavy (non-hydrogen) atoms. The van der Waals surface area contributed by atoms with Crippen molar-refractivity contribution in [2.75, 3.05) is 59.5 Å². The third kappa shape index (κ3) is 16.1. The van der Waals surface area contributed by atoms with Crippen LogP contribution >= 0.6 is 0 Å². The molecule has 45 nitrogen and oxygen atoms in total. The first-order valence-electron chi connectivity index (χ1n) is 31.6. The molecule has 27 N–H and O–H groups in total. The summed E-state index contributed by atoms with van der Waals surface area (Å²) in [7, 11) is 0. The van der Waals surface area contributed by atoms with Crippen molar-refractivity contribution in [1.82, 2.24) is 0 Å². The van der Waals surface area contributed by atoms with Gasteiger partial charge in [0.2, 0.25) is 0 Å². The van der Waals surface area contributed by atoms with Crippen LogP contribution in [0.2, 0.25) is 0 Å². The smallest absolute Gasteiger partial charge is 0.187 e. The fourth-order valence-corrected chi connectivity index (χ4v) is 13.2. The summed E-state index contributed by atoms with van der Waals surface area (Å²) < 4.78 is 103. The average molecular weight is 1460 g/mol. The third-order valence-electron chi connectivity index (χ3n) is 19.0. The fourth-order valence-electron chi connectivity index (χ4n) is 13.2. The van der Waals surface area contributed by atoms with Crippen molar-refractivity contribution in [3.05, 3.63) is 0 Å². The molecule has 12 bridgehead atoms. The van der Waals surface area contributed by atoms with Crippen molar-refractivity contribution in [2.45, 2.75) is 276 Å². The molecular weight excluding hydrogens is 1370 g/mol. The Hall–Kier alpha value is -1.80. The first-order valence-corrected chi connectivity index (χ1v) is 31.6. The van der Waals surface area contributed by atoms with Crippen LogP contribution in [-0.2, 0) is 85.3 Å². The lowest BCUT2D eigenvalue weighted by Crippen LogP contribution is -2.69. The molecule has 0 aromatic rings. The maximum atomic E-state index is 12.0. The quantitative estimate of drug-likeness (QED) is 0.0724. The summed E-state index contributed by atoms with van der Waals surface area (Å²) in [6.45, 7) is -9.47. The van der Waals surface area contributed by atoms with Gasteiger partial charge >= 0.3 is 0 Å². The zero-order valence-corrected chi connectivity index (χ0v) is 51.8. The number of hydrogen-bond acceptors (Lipinski definition) is 45. The molecule has 0 radical (unpaired) electrons. The van der Waals surface area contributed by atoms with E-state index >= 15 is 0 Å². The predicted molar refractivity (Wildman–Crippen MR) is 294 cm³/mol. The monoisotopic (exact) mass is 1460 g/mol. The molecule has 0 aromatic heterocycles. The predicted octanol–water partition coefficient (Wildman–Crippen LogP) is -19.6. The molecule has 45 heteroatoms. The highest BCUT2D eigenvalue weighted by Gasteiger charge is 2.60. The van der Waals surface area contributed by atoms with E-state index < -0.39 is 336 Å². The fraction of sp³-hybridized carbons (Fsp3) is 1.00. The lowest BCUT2D eigenvalue weighted by molar-refractivity contribution is -0.405. The van der Waals surface area contributed by atoms with Gasteiger partial charge in [0, 0.05) is 0 Å². The maximum Gasteiger partial charge on any atom is 0.187 e. The normalized spacial score (nSPS) is 55.0. The molecule has 25 heterocycles. The Morgan fingerprint density at radius 2 is 0.414 bits per heavy atom. The molecule has 0 aromatic carbocycles. The van der Waals surface area contributed by atoms with E-state index in [4.69, 9.17) is 85.3 Å². The summed E-state index contributed by atoms with van der Waals surface area (Å²) in [5.41, 5.74) is 0. The Labute approximate surface area is 558 Å². The van der Waals surface area contributed by atoms with Crippen LogP contribution in [0.1, 0.15) is 0 Å². The number of ether oxygens (including phenoxy) is 18. The second-order valence-electron chi connectivity index (χ2n) is 25.3. The molecule has 25 aliphatic heterocycles. The SMILES string of the molecule is OC[C@@H]1O[C@H](OC[C@@H]2O[C@H](O[C@@H]3[C@@H](O)[C@H](O)[C@@H](OC[C@H]4O[C@@H]5O[C@H]6[C@H](O)[C@@H](O)[C@@H](O[C@H]7[C@H](O)[C@@H](O)[C@@H](O[C@H]8[C@H](O)[C@@H](O)[C@@H](O[C@H]9[C@H](O)[C@@H](O)[C@@H](O[C@H]%10[C@H](O)[C@@H](O)[C@@H](O[C@H]4[C@H](O)[C@H]5O)O[C@@H]%10CO)O[C@@H]9CO)O[C@@H]8CO)O[C@@H]7CO)O[C@@H]6CO)O[C@H]3CO)[C@@H](O)[C@H](O)[C@H]2O)[C@@H](O)[C@H](O)[C@H]1O. The largest absolute Gasteiger partial charge is 0.394 e. The summed E-state index contributed by atoms with van der Waals surface area (Å²) in [6.07, 6.45) is -93.1. The zero-order valence-electron chi connectivity index (χ0n) is 51.8. The second kappa shape index (κ2) is 34.0. The number of rotatable bonds is 15. The number of aliphatic hydroxyl groups excluding tert-OH is 27. The molecule has 0 unspecified atom stereocenters. The first-order chi connectivity index (χ1) is 47.1. The van der Waals surface area contributed by atoms with E-state index in [-0.39, 0.29) is 0 Å². The van der Waals surface area contributed by atoms with Crippen LogP contribution in [0.15, 0.2) is 0 Å². The van der Waals surface area contributed by atoms with Gasteiger partial charge in [-0.3, -0.25) is 0 Å². The summed E-state index contributed by atoms with van der Waals surface area (Å²) in [4.78, 5) is 0. The van der Waals surface area contributed by atoms with Crippen LogP contribution in [-0.4, -0.2) is 474 Å². The van der Waals surface area contributed by atoms with E-state index in [0.29, 0.717) is 0 Å². The van der Waals surface area contributed by atoms with Crippen LogP contribution in [0.3, 0.4) is 0 Å². The minimum absolute atomic E-state index is 0.828. The van der Waals surface area contributed by atoms with Gasteiger partial charge in [0.25, 0.3) is 0 Å².